The smallest absolute Gasteiger partial charge is 0.264 e. The quantitative estimate of drug-likeness (QED) is 0.332. The lowest BCUT2D eigenvalue weighted by Crippen LogP contribution is -2.51. The molecule has 10 heteroatoms. The van der Waals surface area contributed by atoms with Crippen molar-refractivity contribution in [1.82, 2.24) is 10.2 Å². The van der Waals surface area contributed by atoms with Gasteiger partial charge in [-0.05, 0) is 60.9 Å². The summed E-state index contributed by atoms with van der Waals surface area (Å²) >= 11 is 12.3. The topological polar surface area (TPSA) is 86.8 Å². The summed E-state index contributed by atoms with van der Waals surface area (Å²) in [5.41, 5.74) is 0.947. The van der Waals surface area contributed by atoms with E-state index in [1.54, 1.807) is 61.5 Å². The molecule has 0 bridgehead atoms. The number of para-hydroxylation sites is 1. The number of nitrogens with zero attached hydrogens (tertiary/aromatic N) is 2. The average molecular weight is 577 g/mol. The molecule has 0 aliphatic rings. The highest BCUT2D eigenvalue weighted by Crippen LogP contribution is 2.26. The van der Waals surface area contributed by atoms with Gasteiger partial charge in [-0.3, -0.25) is 13.9 Å². The van der Waals surface area contributed by atoms with Crippen molar-refractivity contribution in [2.75, 3.05) is 17.4 Å². The fraction of sp³-hybridized carbons (Fsp3) is 0.286. The second-order valence-corrected chi connectivity index (χ2v) is 11.9. The summed E-state index contributed by atoms with van der Waals surface area (Å²) in [7, 11) is -4.15. The number of sulfonamides is 1. The molecule has 7 nitrogen and oxygen atoms in total. The van der Waals surface area contributed by atoms with Crippen LogP contribution in [0.25, 0.3) is 0 Å². The molecule has 3 aromatic carbocycles. The Bertz CT molecular complexity index is 1350. The molecule has 202 valence electrons. The maximum absolute atomic E-state index is 13.8. The fourth-order valence-corrected chi connectivity index (χ4v) is 5.44. The first-order valence-corrected chi connectivity index (χ1v) is 14.3. The average Bonchev–Trinajstić information content (AvgIpc) is 2.90. The monoisotopic (exact) mass is 575 g/mol. The van der Waals surface area contributed by atoms with E-state index in [9.17, 15) is 18.0 Å². The number of carbonyl (C=O) groups is 2. The Morgan fingerprint density at radius 2 is 1.47 bits per heavy atom. The molecule has 3 aromatic rings. The van der Waals surface area contributed by atoms with Gasteiger partial charge in [-0.1, -0.05) is 73.4 Å². The number of hydrogen-bond acceptors (Lipinski definition) is 4. The Morgan fingerprint density at radius 1 is 0.868 bits per heavy atom. The maximum atomic E-state index is 13.8. The second-order valence-electron chi connectivity index (χ2n) is 9.23. The number of carbonyl (C=O) groups excluding carboxylic acids is 2. The summed E-state index contributed by atoms with van der Waals surface area (Å²) in [6.07, 6.45) is 0. The van der Waals surface area contributed by atoms with Crippen LogP contribution in [0.2, 0.25) is 10.0 Å². The van der Waals surface area contributed by atoms with Crippen molar-refractivity contribution in [3.05, 3.63) is 94.5 Å². The third-order valence-corrected chi connectivity index (χ3v) is 8.28. The maximum Gasteiger partial charge on any atom is 0.264 e. The van der Waals surface area contributed by atoms with Gasteiger partial charge in [-0.25, -0.2) is 8.42 Å². The van der Waals surface area contributed by atoms with E-state index in [4.69, 9.17) is 23.2 Å². The van der Waals surface area contributed by atoms with Gasteiger partial charge in [-0.2, -0.15) is 0 Å². The number of halogens is 2. The lowest BCUT2D eigenvalue weighted by atomic mass is 10.1. The number of rotatable bonds is 11. The third-order valence-electron chi connectivity index (χ3n) is 5.88. The third kappa shape index (κ3) is 7.49. The number of hydrogen-bond donors (Lipinski definition) is 1. The van der Waals surface area contributed by atoms with Crippen molar-refractivity contribution in [2.45, 2.75) is 38.3 Å². The highest BCUT2D eigenvalue weighted by Gasteiger charge is 2.32. The highest BCUT2D eigenvalue weighted by molar-refractivity contribution is 7.92. The second kappa shape index (κ2) is 13.1. The molecule has 1 atom stereocenters. The number of anilines is 1. The van der Waals surface area contributed by atoms with Gasteiger partial charge in [0.05, 0.1) is 10.6 Å². The van der Waals surface area contributed by atoms with Gasteiger partial charge >= 0.3 is 0 Å². The van der Waals surface area contributed by atoms with Crippen LogP contribution in [0, 0.1) is 5.92 Å². The molecule has 0 aliphatic heterocycles. The van der Waals surface area contributed by atoms with E-state index in [0.29, 0.717) is 27.8 Å². The summed E-state index contributed by atoms with van der Waals surface area (Å²) in [5, 5.41) is 3.68. The molecular weight excluding hydrogens is 545 g/mol. The van der Waals surface area contributed by atoms with Crippen LogP contribution in [0.4, 0.5) is 5.69 Å². The minimum absolute atomic E-state index is 0.0149. The van der Waals surface area contributed by atoms with Crippen molar-refractivity contribution in [3.63, 3.8) is 0 Å². The zero-order valence-corrected chi connectivity index (χ0v) is 23.8. The molecule has 1 unspecified atom stereocenters. The van der Waals surface area contributed by atoms with Crippen molar-refractivity contribution in [3.8, 4) is 0 Å². The molecule has 0 spiro atoms. The van der Waals surface area contributed by atoms with Gasteiger partial charge in [0.25, 0.3) is 10.0 Å². The molecule has 1 N–H and O–H groups in total. The van der Waals surface area contributed by atoms with Crippen LogP contribution in [0.3, 0.4) is 0 Å². The van der Waals surface area contributed by atoms with E-state index in [0.717, 1.165) is 4.31 Å². The number of benzene rings is 3. The summed E-state index contributed by atoms with van der Waals surface area (Å²) in [6, 6.07) is 20.2. The molecule has 0 aliphatic carbocycles. The van der Waals surface area contributed by atoms with Crippen LogP contribution in [0.1, 0.15) is 26.3 Å². The van der Waals surface area contributed by atoms with E-state index in [1.165, 1.54) is 29.2 Å². The van der Waals surface area contributed by atoms with E-state index < -0.39 is 28.5 Å². The van der Waals surface area contributed by atoms with Crippen LogP contribution < -0.4 is 9.62 Å². The van der Waals surface area contributed by atoms with Crippen molar-refractivity contribution in [1.29, 1.82) is 0 Å². The zero-order chi connectivity index (χ0) is 27.9. The minimum Gasteiger partial charge on any atom is -0.354 e. The van der Waals surface area contributed by atoms with E-state index >= 15 is 0 Å². The Morgan fingerprint density at radius 3 is 2.08 bits per heavy atom. The molecule has 0 heterocycles. The molecule has 0 fully saturated rings. The van der Waals surface area contributed by atoms with Crippen LogP contribution in [-0.2, 0) is 26.2 Å². The predicted octanol–water partition coefficient (Wildman–Crippen LogP) is 5.38. The number of nitrogens with one attached hydrogen (secondary N) is 1. The van der Waals surface area contributed by atoms with Crippen LogP contribution >= 0.6 is 23.2 Å². The molecule has 0 aromatic heterocycles. The Kier molecular flexibility index (Phi) is 10.2. The van der Waals surface area contributed by atoms with Crippen LogP contribution in [0.5, 0.6) is 0 Å². The van der Waals surface area contributed by atoms with Gasteiger partial charge in [0, 0.05) is 23.1 Å². The van der Waals surface area contributed by atoms with E-state index in [1.807, 2.05) is 13.8 Å². The lowest BCUT2D eigenvalue weighted by Gasteiger charge is -2.32. The molecular formula is C28H31Cl2N3O4S. The lowest BCUT2D eigenvalue weighted by molar-refractivity contribution is -0.139. The molecule has 0 saturated carbocycles. The first-order valence-electron chi connectivity index (χ1n) is 12.1. The standard InChI is InChI=1S/C28H31Cl2N3O4S/c1-20(2)17-31-28(35)21(3)32(18-22-9-7-8-12-26(22)30)27(34)19-33(24-10-5-4-6-11-24)38(36,37)25-15-13-23(29)14-16-25/h4-16,20-21H,17-19H2,1-3H3,(H,31,35). The van der Waals surface area contributed by atoms with Gasteiger partial charge < -0.3 is 10.2 Å². The van der Waals surface area contributed by atoms with Crippen molar-refractivity contribution in [2.24, 2.45) is 5.92 Å². The number of amides is 2. The summed E-state index contributed by atoms with van der Waals surface area (Å²) in [6.45, 7) is 5.50. The minimum atomic E-state index is -4.15. The summed E-state index contributed by atoms with van der Waals surface area (Å²) in [5.74, 6) is -0.679. The van der Waals surface area contributed by atoms with Gasteiger partial charge in [0.1, 0.15) is 12.6 Å². The Hall–Kier alpha value is -3.07. The fourth-order valence-electron chi connectivity index (χ4n) is 3.70. The zero-order valence-electron chi connectivity index (χ0n) is 21.5. The molecule has 0 radical (unpaired) electrons. The van der Waals surface area contributed by atoms with Crippen LogP contribution in [-0.4, -0.2) is 44.3 Å². The first kappa shape index (κ1) is 29.5. The van der Waals surface area contributed by atoms with Crippen molar-refractivity contribution >= 4 is 50.7 Å². The predicted molar refractivity (Wildman–Crippen MR) is 152 cm³/mol. The van der Waals surface area contributed by atoms with Gasteiger partial charge in [-0.15, -0.1) is 0 Å². The molecule has 0 saturated heterocycles. The van der Waals surface area contributed by atoms with Gasteiger partial charge in [0.2, 0.25) is 11.8 Å². The largest absolute Gasteiger partial charge is 0.354 e. The highest BCUT2D eigenvalue weighted by atomic mass is 35.5. The summed E-state index contributed by atoms with van der Waals surface area (Å²) < 4.78 is 28.5. The van der Waals surface area contributed by atoms with E-state index in [2.05, 4.69) is 5.32 Å². The van der Waals surface area contributed by atoms with E-state index in [-0.39, 0.29) is 23.3 Å². The SMILES string of the molecule is CC(C)CNC(=O)C(C)N(Cc1ccccc1Cl)C(=O)CN(c1ccccc1)S(=O)(=O)c1ccc(Cl)cc1. The molecule has 38 heavy (non-hydrogen) atoms. The van der Waals surface area contributed by atoms with Crippen LogP contribution in [0.15, 0.2) is 83.8 Å². The molecule has 2 amide bonds. The first-order chi connectivity index (χ1) is 18.0. The van der Waals surface area contributed by atoms with Crippen molar-refractivity contribution < 1.29 is 18.0 Å². The van der Waals surface area contributed by atoms with Gasteiger partial charge in [0.15, 0.2) is 0 Å². The molecule has 3 rings (SSSR count). The normalized spacial score (nSPS) is 12.2. The Labute approximate surface area is 234 Å². The summed E-state index contributed by atoms with van der Waals surface area (Å²) in [4.78, 5) is 28.2. The Balaban J connectivity index is 1.99.